The molecule has 1 aromatic heterocycles. The van der Waals surface area contributed by atoms with Gasteiger partial charge in [-0.15, -0.1) is 0 Å². The Hall–Kier alpha value is -4.45. The van der Waals surface area contributed by atoms with Crippen LogP contribution in [0.2, 0.25) is 0 Å². The number of carbonyl (C=O) groups is 2. The van der Waals surface area contributed by atoms with Gasteiger partial charge < -0.3 is 10.4 Å². The second-order valence-corrected chi connectivity index (χ2v) is 7.26. The molecule has 1 amide bonds. The summed E-state index contributed by atoms with van der Waals surface area (Å²) in [5.74, 6) is -1.73. The topological polar surface area (TPSA) is 84.2 Å². The van der Waals surface area contributed by atoms with Gasteiger partial charge in [0, 0.05) is 22.9 Å². The van der Waals surface area contributed by atoms with E-state index in [1.807, 2.05) is 67.6 Å². The fourth-order valence-corrected chi connectivity index (χ4v) is 3.23. The third kappa shape index (κ3) is 4.65. The van der Waals surface area contributed by atoms with E-state index in [-0.39, 0.29) is 5.70 Å². The normalized spacial score (nSPS) is 11.2. The quantitative estimate of drug-likeness (QED) is 0.440. The molecule has 158 valence electrons. The van der Waals surface area contributed by atoms with Crippen molar-refractivity contribution in [3.05, 3.63) is 114 Å². The van der Waals surface area contributed by atoms with Gasteiger partial charge >= 0.3 is 5.97 Å². The average Bonchev–Trinajstić information content (AvgIpc) is 3.24. The Bertz CT molecular complexity index is 1280. The molecule has 6 heteroatoms. The van der Waals surface area contributed by atoms with E-state index in [1.165, 1.54) is 6.08 Å². The number of hydrogen-bond donors (Lipinski definition) is 2. The van der Waals surface area contributed by atoms with Crippen LogP contribution in [0.5, 0.6) is 0 Å². The van der Waals surface area contributed by atoms with Crippen LogP contribution in [-0.4, -0.2) is 26.8 Å². The van der Waals surface area contributed by atoms with E-state index < -0.39 is 11.9 Å². The van der Waals surface area contributed by atoms with Crippen molar-refractivity contribution < 1.29 is 14.7 Å². The Morgan fingerprint density at radius 1 is 0.906 bits per heavy atom. The molecule has 32 heavy (non-hydrogen) atoms. The maximum Gasteiger partial charge on any atom is 0.352 e. The lowest BCUT2D eigenvalue weighted by Gasteiger charge is -2.07. The van der Waals surface area contributed by atoms with Gasteiger partial charge in [0.05, 0.1) is 5.69 Å². The van der Waals surface area contributed by atoms with Gasteiger partial charge in [-0.3, -0.25) is 4.79 Å². The van der Waals surface area contributed by atoms with Crippen LogP contribution in [0, 0.1) is 6.92 Å². The van der Waals surface area contributed by atoms with Gasteiger partial charge in [0.25, 0.3) is 5.91 Å². The number of amides is 1. The number of nitrogens with zero attached hydrogens (tertiary/aromatic N) is 2. The van der Waals surface area contributed by atoms with E-state index in [9.17, 15) is 14.7 Å². The summed E-state index contributed by atoms with van der Waals surface area (Å²) in [6.45, 7) is 1.92. The highest BCUT2D eigenvalue weighted by Gasteiger charge is 2.17. The molecular weight excluding hydrogens is 402 g/mol. The van der Waals surface area contributed by atoms with Crippen LogP contribution < -0.4 is 5.32 Å². The van der Waals surface area contributed by atoms with E-state index in [1.54, 1.807) is 35.1 Å². The molecule has 0 radical (unpaired) electrons. The Labute approximate surface area is 185 Å². The number of hydrogen-bond acceptors (Lipinski definition) is 3. The van der Waals surface area contributed by atoms with Crippen molar-refractivity contribution >= 4 is 18.0 Å². The van der Waals surface area contributed by atoms with E-state index in [2.05, 4.69) is 10.4 Å². The van der Waals surface area contributed by atoms with E-state index in [0.29, 0.717) is 16.8 Å². The fourth-order valence-electron chi connectivity index (χ4n) is 3.23. The lowest BCUT2D eigenvalue weighted by atomic mass is 10.1. The lowest BCUT2D eigenvalue weighted by molar-refractivity contribution is -0.132. The molecule has 0 aliphatic heterocycles. The minimum absolute atomic E-state index is 0.236. The first kappa shape index (κ1) is 20.8. The van der Waals surface area contributed by atoms with Gasteiger partial charge in [-0.1, -0.05) is 66.2 Å². The second kappa shape index (κ2) is 9.14. The van der Waals surface area contributed by atoms with Crippen molar-refractivity contribution in [1.29, 1.82) is 0 Å². The lowest BCUT2D eigenvalue weighted by Crippen LogP contribution is -2.27. The number of para-hydroxylation sites is 1. The first-order chi connectivity index (χ1) is 15.5. The predicted octanol–water partition coefficient (Wildman–Crippen LogP) is 4.70. The van der Waals surface area contributed by atoms with Crippen LogP contribution in [0.3, 0.4) is 0 Å². The summed E-state index contributed by atoms with van der Waals surface area (Å²) in [5, 5.41) is 16.9. The van der Waals surface area contributed by atoms with Crippen LogP contribution in [-0.2, 0) is 4.79 Å². The van der Waals surface area contributed by atoms with Crippen molar-refractivity contribution in [3.8, 4) is 16.9 Å². The molecule has 4 rings (SSSR count). The Morgan fingerprint density at radius 2 is 1.53 bits per heavy atom. The highest BCUT2D eigenvalue weighted by atomic mass is 16.4. The van der Waals surface area contributed by atoms with Crippen molar-refractivity contribution in [2.45, 2.75) is 6.92 Å². The number of carbonyl (C=O) groups excluding carboxylic acids is 1. The number of aromatic nitrogens is 2. The zero-order valence-electron chi connectivity index (χ0n) is 17.4. The molecule has 0 bridgehead atoms. The Kier molecular flexibility index (Phi) is 5.94. The van der Waals surface area contributed by atoms with Crippen molar-refractivity contribution in [2.24, 2.45) is 0 Å². The van der Waals surface area contributed by atoms with E-state index >= 15 is 0 Å². The number of carboxylic acid groups (broad SMARTS) is 1. The smallest absolute Gasteiger partial charge is 0.352 e. The predicted molar refractivity (Wildman–Crippen MR) is 123 cm³/mol. The first-order valence-electron chi connectivity index (χ1n) is 10.0. The number of carboxylic acids is 1. The molecule has 0 aliphatic carbocycles. The fraction of sp³-hybridized carbons (Fsp3) is 0.0385. The summed E-state index contributed by atoms with van der Waals surface area (Å²) in [6, 6.07) is 25.9. The van der Waals surface area contributed by atoms with Crippen molar-refractivity contribution in [1.82, 2.24) is 15.1 Å². The zero-order valence-corrected chi connectivity index (χ0v) is 17.4. The van der Waals surface area contributed by atoms with Crippen molar-refractivity contribution in [2.75, 3.05) is 0 Å². The van der Waals surface area contributed by atoms with Gasteiger partial charge in [-0.2, -0.15) is 5.10 Å². The number of nitrogens with one attached hydrogen (secondary N) is 1. The number of rotatable bonds is 6. The van der Waals surface area contributed by atoms with Gasteiger partial charge in [0.2, 0.25) is 0 Å². The molecule has 3 aromatic carbocycles. The monoisotopic (exact) mass is 423 g/mol. The van der Waals surface area contributed by atoms with Gasteiger partial charge in [0.15, 0.2) is 0 Å². The second-order valence-electron chi connectivity index (χ2n) is 7.26. The van der Waals surface area contributed by atoms with E-state index in [0.717, 1.165) is 16.8 Å². The minimum atomic E-state index is -1.24. The average molecular weight is 423 g/mol. The maximum atomic E-state index is 12.6. The molecule has 0 atom stereocenters. The maximum absolute atomic E-state index is 12.6. The largest absolute Gasteiger partial charge is 0.477 e. The first-order valence-corrected chi connectivity index (χ1v) is 10.0. The van der Waals surface area contributed by atoms with Gasteiger partial charge in [0.1, 0.15) is 11.4 Å². The summed E-state index contributed by atoms with van der Waals surface area (Å²) in [7, 11) is 0. The summed E-state index contributed by atoms with van der Waals surface area (Å²) in [4.78, 5) is 24.5. The molecular formula is C26H21N3O3. The third-order valence-corrected chi connectivity index (χ3v) is 4.90. The Morgan fingerprint density at radius 3 is 2.16 bits per heavy atom. The van der Waals surface area contributed by atoms with Gasteiger partial charge in [-0.05, 0) is 37.3 Å². The molecule has 0 unspecified atom stereocenters. The number of aryl methyl sites for hydroxylation is 1. The number of benzene rings is 3. The summed E-state index contributed by atoms with van der Waals surface area (Å²) in [5.41, 5.74) is 4.01. The highest BCUT2D eigenvalue weighted by molar-refractivity contribution is 6.03. The summed E-state index contributed by atoms with van der Waals surface area (Å²) in [6.07, 6.45) is 3.18. The number of aliphatic carboxylic acids is 1. The van der Waals surface area contributed by atoms with Crippen LogP contribution in [0.15, 0.2) is 96.8 Å². The molecule has 1 heterocycles. The molecule has 4 aromatic rings. The SMILES string of the molecule is Cc1ccc(C(=O)N/C(=C\c2cn(-c3ccccc3)nc2-c2ccccc2)C(=O)O)cc1. The van der Waals surface area contributed by atoms with Crippen molar-refractivity contribution in [3.63, 3.8) is 0 Å². The van der Waals surface area contributed by atoms with E-state index in [4.69, 9.17) is 0 Å². The molecule has 0 aliphatic rings. The standard InChI is InChI=1S/C26H21N3O3/c1-18-12-14-20(15-13-18)25(30)27-23(26(31)32)16-21-17-29(22-10-6-3-7-11-22)28-24(21)19-8-4-2-5-9-19/h2-17H,1H3,(H,27,30)(H,31,32)/b23-16-. The highest BCUT2D eigenvalue weighted by Crippen LogP contribution is 2.25. The minimum Gasteiger partial charge on any atom is -0.477 e. The molecule has 2 N–H and O–H groups in total. The van der Waals surface area contributed by atoms with Crippen LogP contribution in [0.4, 0.5) is 0 Å². The van der Waals surface area contributed by atoms with Crippen LogP contribution in [0.25, 0.3) is 23.0 Å². The zero-order chi connectivity index (χ0) is 22.5. The molecule has 0 fully saturated rings. The summed E-state index contributed by atoms with van der Waals surface area (Å²) >= 11 is 0. The summed E-state index contributed by atoms with van der Waals surface area (Å²) < 4.78 is 1.69. The van der Waals surface area contributed by atoms with Crippen LogP contribution in [0.1, 0.15) is 21.5 Å². The molecule has 0 saturated heterocycles. The molecule has 6 nitrogen and oxygen atoms in total. The van der Waals surface area contributed by atoms with Crippen LogP contribution >= 0.6 is 0 Å². The molecule has 0 spiro atoms. The Balaban J connectivity index is 1.75. The molecule has 0 saturated carbocycles. The third-order valence-electron chi connectivity index (χ3n) is 4.90. The van der Waals surface area contributed by atoms with Gasteiger partial charge in [-0.25, -0.2) is 9.48 Å².